The third-order valence-electron chi connectivity index (χ3n) is 2.85. The zero-order chi connectivity index (χ0) is 15.9. The summed E-state index contributed by atoms with van der Waals surface area (Å²) in [4.78, 5) is 11.0. The van der Waals surface area contributed by atoms with Gasteiger partial charge in [0.05, 0.1) is 18.6 Å². The summed E-state index contributed by atoms with van der Waals surface area (Å²) in [6.07, 6.45) is 2.36. The lowest BCUT2D eigenvalue weighted by atomic mass is 10.1. The van der Waals surface area contributed by atoms with E-state index in [0.29, 0.717) is 29.0 Å². The Balaban J connectivity index is 1.98. The zero-order valence-corrected chi connectivity index (χ0v) is 13.3. The summed E-state index contributed by atoms with van der Waals surface area (Å²) in [6.45, 7) is 4.64. The monoisotopic (exact) mass is 323 g/mol. The Morgan fingerprint density at radius 3 is 3.00 bits per heavy atom. The standard InChI is InChI=1S/C15H18FN3O2S/c1-10(2)5-6-21-13-7-11(3-4-12(13)16)8-17-19-15-18-14(20)9-22-15/h3-4,7-8,10H,5-6,9H2,1-2H3,(H,18,19,20). The number of benzene rings is 1. The molecule has 2 rings (SSSR count). The molecule has 1 aromatic rings. The molecule has 5 nitrogen and oxygen atoms in total. The lowest BCUT2D eigenvalue weighted by Gasteiger charge is -2.09. The number of thioether (sulfide) groups is 1. The molecule has 118 valence electrons. The molecule has 0 bridgehead atoms. The van der Waals surface area contributed by atoms with Crippen molar-refractivity contribution in [2.45, 2.75) is 20.3 Å². The molecule has 1 aliphatic heterocycles. The van der Waals surface area contributed by atoms with Crippen molar-refractivity contribution in [3.8, 4) is 5.75 Å². The van der Waals surface area contributed by atoms with Crippen molar-refractivity contribution in [2.24, 2.45) is 16.1 Å². The van der Waals surface area contributed by atoms with E-state index < -0.39 is 5.82 Å². The van der Waals surface area contributed by atoms with Gasteiger partial charge in [0.15, 0.2) is 16.7 Å². The highest BCUT2D eigenvalue weighted by molar-refractivity contribution is 8.15. The van der Waals surface area contributed by atoms with Crippen LogP contribution in [-0.2, 0) is 4.79 Å². The fourth-order valence-corrected chi connectivity index (χ4v) is 2.27. The SMILES string of the molecule is CC(C)CCOc1cc(C=NN=C2NC(=O)CS2)ccc1F. The Morgan fingerprint density at radius 2 is 2.32 bits per heavy atom. The predicted molar refractivity (Wildman–Crippen MR) is 87.0 cm³/mol. The molecular weight excluding hydrogens is 305 g/mol. The largest absolute Gasteiger partial charge is 0.490 e. The first kappa shape index (κ1) is 16.5. The Hall–Kier alpha value is -1.89. The molecule has 0 spiro atoms. The lowest BCUT2D eigenvalue weighted by molar-refractivity contribution is -0.116. The van der Waals surface area contributed by atoms with Crippen molar-refractivity contribution < 1.29 is 13.9 Å². The quantitative estimate of drug-likeness (QED) is 0.647. The van der Waals surface area contributed by atoms with E-state index in [2.05, 4.69) is 29.4 Å². The van der Waals surface area contributed by atoms with Crippen molar-refractivity contribution in [3.05, 3.63) is 29.6 Å². The van der Waals surface area contributed by atoms with E-state index in [1.165, 1.54) is 24.0 Å². The third kappa shape index (κ3) is 5.14. The van der Waals surface area contributed by atoms with Gasteiger partial charge in [0.1, 0.15) is 0 Å². The van der Waals surface area contributed by atoms with Gasteiger partial charge in [-0.2, -0.15) is 5.10 Å². The molecule has 1 N–H and O–H groups in total. The van der Waals surface area contributed by atoms with Crippen LogP contribution in [0.25, 0.3) is 0 Å². The van der Waals surface area contributed by atoms with Crippen LogP contribution in [0.5, 0.6) is 5.75 Å². The second-order valence-corrected chi connectivity index (χ2v) is 6.17. The molecule has 0 aliphatic carbocycles. The number of carbonyl (C=O) groups excluding carboxylic acids is 1. The summed E-state index contributed by atoms with van der Waals surface area (Å²) in [7, 11) is 0. The van der Waals surface area contributed by atoms with Gasteiger partial charge in [0, 0.05) is 0 Å². The van der Waals surface area contributed by atoms with Crippen LogP contribution < -0.4 is 10.1 Å². The molecule has 0 unspecified atom stereocenters. The van der Waals surface area contributed by atoms with Crippen LogP contribution >= 0.6 is 11.8 Å². The maximum absolute atomic E-state index is 13.7. The number of rotatable bonds is 6. The van der Waals surface area contributed by atoms with Crippen molar-refractivity contribution in [1.82, 2.24) is 5.32 Å². The summed E-state index contributed by atoms with van der Waals surface area (Å²) >= 11 is 1.30. The lowest BCUT2D eigenvalue weighted by Crippen LogP contribution is -2.19. The first-order chi connectivity index (χ1) is 10.5. The van der Waals surface area contributed by atoms with Gasteiger partial charge in [0.2, 0.25) is 5.91 Å². The number of carbonyl (C=O) groups is 1. The van der Waals surface area contributed by atoms with Crippen LogP contribution in [0.15, 0.2) is 28.4 Å². The van der Waals surface area contributed by atoms with E-state index in [4.69, 9.17) is 4.74 Å². The van der Waals surface area contributed by atoms with Crippen molar-refractivity contribution >= 4 is 29.1 Å². The van der Waals surface area contributed by atoms with Crippen LogP contribution in [0.3, 0.4) is 0 Å². The highest BCUT2D eigenvalue weighted by Gasteiger charge is 2.15. The molecule has 0 radical (unpaired) electrons. The maximum atomic E-state index is 13.7. The first-order valence-electron chi connectivity index (χ1n) is 7.00. The number of amides is 1. The van der Waals surface area contributed by atoms with E-state index in [0.717, 1.165) is 6.42 Å². The maximum Gasteiger partial charge on any atom is 0.236 e. The minimum absolute atomic E-state index is 0.0819. The normalized spacial score (nSPS) is 16.7. The van der Waals surface area contributed by atoms with Gasteiger partial charge < -0.3 is 10.1 Å². The summed E-state index contributed by atoms with van der Waals surface area (Å²) in [5.74, 6) is 0.592. The molecule has 7 heteroatoms. The van der Waals surface area contributed by atoms with E-state index in [9.17, 15) is 9.18 Å². The van der Waals surface area contributed by atoms with Crippen molar-refractivity contribution in [3.63, 3.8) is 0 Å². The average Bonchev–Trinajstić information content (AvgIpc) is 2.87. The number of nitrogens with one attached hydrogen (secondary N) is 1. The molecule has 1 aromatic carbocycles. The zero-order valence-electron chi connectivity index (χ0n) is 12.5. The van der Waals surface area contributed by atoms with Gasteiger partial charge in [-0.15, -0.1) is 5.10 Å². The van der Waals surface area contributed by atoms with Crippen molar-refractivity contribution in [1.29, 1.82) is 0 Å². The minimum Gasteiger partial charge on any atom is -0.490 e. The van der Waals surface area contributed by atoms with Gasteiger partial charge >= 0.3 is 0 Å². The second-order valence-electron chi connectivity index (χ2n) is 5.21. The second kappa shape index (κ2) is 7.93. The number of halogens is 1. The van der Waals surface area contributed by atoms with Crippen LogP contribution in [0.1, 0.15) is 25.8 Å². The molecule has 1 aliphatic rings. The van der Waals surface area contributed by atoms with E-state index in [1.807, 2.05) is 0 Å². The molecule has 0 saturated carbocycles. The molecule has 1 saturated heterocycles. The van der Waals surface area contributed by atoms with Gasteiger partial charge in [-0.25, -0.2) is 4.39 Å². The Kier molecular flexibility index (Phi) is 5.94. The molecule has 0 aromatic heterocycles. The third-order valence-corrected chi connectivity index (χ3v) is 3.71. The number of hydrogen-bond donors (Lipinski definition) is 1. The van der Waals surface area contributed by atoms with Gasteiger partial charge in [0.25, 0.3) is 0 Å². The van der Waals surface area contributed by atoms with E-state index in [-0.39, 0.29) is 11.7 Å². The van der Waals surface area contributed by atoms with Crippen LogP contribution in [0, 0.1) is 11.7 Å². The van der Waals surface area contributed by atoms with Crippen LogP contribution in [0.2, 0.25) is 0 Å². The molecule has 0 atom stereocenters. The van der Waals surface area contributed by atoms with Gasteiger partial charge in [-0.1, -0.05) is 31.7 Å². The summed E-state index contributed by atoms with van der Waals surface area (Å²) < 4.78 is 19.1. The number of hydrogen-bond acceptors (Lipinski definition) is 5. The number of nitrogens with zero attached hydrogens (tertiary/aromatic N) is 2. The van der Waals surface area contributed by atoms with Gasteiger partial charge in [-0.3, -0.25) is 4.79 Å². The minimum atomic E-state index is -0.397. The molecular formula is C15H18FN3O2S. The van der Waals surface area contributed by atoms with Gasteiger partial charge in [-0.05, 0) is 30.0 Å². The summed E-state index contributed by atoms with van der Waals surface area (Å²) in [5, 5.41) is 10.8. The average molecular weight is 323 g/mol. The molecule has 1 heterocycles. The predicted octanol–water partition coefficient (Wildman–Crippen LogP) is 2.80. The Labute approximate surface area is 133 Å². The van der Waals surface area contributed by atoms with Crippen LogP contribution in [0.4, 0.5) is 4.39 Å². The Bertz CT molecular complexity index is 602. The van der Waals surface area contributed by atoms with Crippen molar-refractivity contribution in [2.75, 3.05) is 12.4 Å². The number of amidine groups is 1. The molecule has 1 amide bonds. The molecule has 1 fully saturated rings. The smallest absolute Gasteiger partial charge is 0.236 e. The van der Waals surface area contributed by atoms with E-state index >= 15 is 0 Å². The topological polar surface area (TPSA) is 63.1 Å². The van der Waals surface area contributed by atoms with Crippen LogP contribution in [-0.4, -0.2) is 29.6 Å². The summed E-state index contributed by atoms with van der Waals surface area (Å²) in [6, 6.07) is 4.51. The highest BCUT2D eigenvalue weighted by atomic mass is 32.2. The molecule has 22 heavy (non-hydrogen) atoms. The first-order valence-corrected chi connectivity index (χ1v) is 7.99. The Morgan fingerprint density at radius 1 is 1.50 bits per heavy atom. The fourth-order valence-electron chi connectivity index (χ4n) is 1.64. The van der Waals surface area contributed by atoms with E-state index in [1.54, 1.807) is 12.1 Å². The fraction of sp³-hybridized carbons (Fsp3) is 0.400. The summed E-state index contributed by atoms with van der Waals surface area (Å²) in [5.41, 5.74) is 0.680. The number of ether oxygens (including phenoxy) is 1. The highest BCUT2D eigenvalue weighted by Crippen LogP contribution is 2.19.